The lowest BCUT2D eigenvalue weighted by molar-refractivity contribution is 0.0701. The topological polar surface area (TPSA) is 38.7 Å². The monoisotopic (exact) mass is 560 g/mol. The highest BCUT2D eigenvalue weighted by atomic mass is 127. The molecule has 1 aromatic carbocycles. The predicted octanol–water partition coefficient (Wildman–Crippen LogP) is 2.89. The summed E-state index contributed by atoms with van der Waals surface area (Å²) in [4.78, 5) is 0. The Labute approximate surface area is 136 Å². The number of aliphatic hydroxyl groups excluding tert-OH is 1. The first-order valence-electron chi connectivity index (χ1n) is 4.61. The summed E-state index contributed by atoms with van der Waals surface area (Å²) >= 11 is 6.82. The standard InChI is InChI=1S/C10H11I3O3/c11-7-5-8(12)10(9(13)6-7)16-4-3-15-2-1-14/h5-6,14H,1-4H2. The summed E-state index contributed by atoms with van der Waals surface area (Å²) in [6.07, 6.45) is 0. The van der Waals surface area contributed by atoms with E-state index in [4.69, 9.17) is 14.6 Å². The van der Waals surface area contributed by atoms with Gasteiger partial charge in [-0.3, -0.25) is 0 Å². The average Bonchev–Trinajstić information content (AvgIpc) is 2.20. The molecule has 0 aliphatic rings. The van der Waals surface area contributed by atoms with E-state index in [-0.39, 0.29) is 6.61 Å². The van der Waals surface area contributed by atoms with Crippen LogP contribution in [0.1, 0.15) is 0 Å². The Hall–Kier alpha value is 1.13. The molecule has 0 aliphatic carbocycles. The van der Waals surface area contributed by atoms with Crippen LogP contribution < -0.4 is 4.74 Å². The van der Waals surface area contributed by atoms with Gasteiger partial charge in [0.1, 0.15) is 12.4 Å². The van der Waals surface area contributed by atoms with Gasteiger partial charge in [0.15, 0.2) is 0 Å². The van der Waals surface area contributed by atoms with Crippen molar-refractivity contribution in [3.8, 4) is 5.75 Å². The average molecular weight is 560 g/mol. The van der Waals surface area contributed by atoms with E-state index in [0.717, 1.165) is 12.9 Å². The minimum Gasteiger partial charge on any atom is -0.489 e. The van der Waals surface area contributed by atoms with Crippen LogP contribution in [0.5, 0.6) is 5.75 Å². The molecule has 16 heavy (non-hydrogen) atoms. The fourth-order valence-corrected chi connectivity index (χ4v) is 4.93. The van der Waals surface area contributed by atoms with E-state index < -0.39 is 0 Å². The van der Waals surface area contributed by atoms with E-state index in [1.54, 1.807) is 0 Å². The number of hydrogen-bond acceptors (Lipinski definition) is 3. The highest BCUT2D eigenvalue weighted by Crippen LogP contribution is 2.29. The summed E-state index contributed by atoms with van der Waals surface area (Å²) in [5.41, 5.74) is 0. The molecular formula is C10H11I3O3. The van der Waals surface area contributed by atoms with Crippen molar-refractivity contribution in [1.82, 2.24) is 0 Å². The van der Waals surface area contributed by atoms with Crippen LogP contribution in [0, 0.1) is 10.7 Å². The van der Waals surface area contributed by atoms with E-state index in [0.29, 0.717) is 19.8 Å². The molecule has 6 heteroatoms. The molecule has 0 fully saturated rings. The third-order valence-electron chi connectivity index (χ3n) is 1.67. The van der Waals surface area contributed by atoms with Crippen molar-refractivity contribution in [2.24, 2.45) is 0 Å². The zero-order valence-electron chi connectivity index (χ0n) is 8.38. The third-order valence-corrected chi connectivity index (χ3v) is 3.90. The van der Waals surface area contributed by atoms with Gasteiger partial charge in [-0.25, -0.2) is 0 Å². The molecule has 1 rings (SSSR count). The van der Waals surface area contributed by atoms with Crippen LogP contribution >= 0.6 is 67.8 Å². The summed E-state index contributed by atoms with van der Waals surface area (Å²) < 4.78 is 14.2. The quantitative estimate of drug-likeness (QED) is 0.430. The van der Waals surface area contributed by atoms with Crippen molar-refractivity contribution in [1.29, 1.82) is 0 Å². The Morgan fingerprint density at radius 3 is 2.19 bits per heavy atom. The van der Waals surface area contributed by atoms with Crippen LogP contribution in [-0.4, -0.2) is 31.5 Å². The lowest BCUT2D eigenvalue weighted by atomic mass is 10.3. The van der Waals surface area contributed by atoms with E-state index in [1.807, 2.05) is 0 Å². The first kappa shape index (κ1) is 15.2. The predicted molar refractivity (Wildman–Crippen MR) is 88.0 cm³/mol. The van der Waals surface area contributed by atoms with Crippen molar-refractivity contribution in [2.75, 3.05) is 26.4 Å². The van der Waals surface area contributed by atoms with Gasteiger partial charge in [0.05, 0.1) is 27.0 Å². The molecule has 0 unspecified atom stereocenters. The Kier molecular flexibility index (Phi) is 7.85. The summed E-state index contributed by atoms with van der Waals surface area (Å²) in [7, 11) is 0. The SMILES string of the molecule is OCCOCCOc1c(I)cc(I)cc1I. The van der Waals surface area contributed by atoms with Gasteiger partial charge in [-0.05, 0) is 79.9 Å². The summed E-state index contributed by atoms with van der Waals surface area (Å²) in [6, 6.07) is 4.15. The van der Waals surface area contributed by atoms with Crippen LogP contribution in [0.15, 0.2) is 12.1 Å². The second-order valence-corrected chi connectivity index (χ2v) is 6.45. The molecule has 1 N–H and O–H groups in total. The highest BCUT2D eigenvalue weighted by molar-refractivity contribution is 14.1. The van der Waals surface area contributed by atoms with E-state index in [2.05, 4.69) is 79.9 Å². The summed E-state index contributed by atoms with van der Waals surface area (Å²) in [5, 5.41) is 8.53. The van der Waals surface area contributed by atoms with Gasteiger partial charge in [-0.2, -0.15) is 0 Å². The van der Waals surface area contributed by atoms with Gasteiger partial charge in [-0.15, -0.1) is 0 Å². The van der Waals surface area contributed by atoms with E-state index >= 15 is 0 Å². The Balaban J connectivity index is 2.47. The number of ether oxygens (including phenoxy) is 2. The summed E-state index contributed by atoms with van der Waals surface area (Å²) in [6.45, 7) is 1.42. The van der Waals surface area contributed by atoms with Gasteiger partial charge in [0, 0.05) is 3.57 Å². The fraction of sp³-hybridized carbons (Fsp3) is 0.400. The summed E-state index contributed by atoms with van der Waals surface area (Å²) in [5.74, 6) is 0.911. The minimum absolute atomic E-state index is 0.0542. The van der Waals surface area contributed by atoms with Gasteiger partial charge in [-0.1, -0.05) is 0 Å². The molecule has 0 atom stereocenters. The van der Waals surface area contributed by atoms with Gasteiger partial charge in [0.2, 0.25) is 0 Å². The maximum absolute atomic E-state index is 8.53. The molecule has 90 valence electrons. The van der Waals surface area contributed by atoms with Crippen LogP contribution in [-0.2, 0) is 4.74 Å². The molecular weight excluding hydrogens is 549 g/mol. The van der Waals surface area contributed by atoms with Crippen LogP contribution in [0.3, 0.4) is 0 Å². The number of hydrogen-bond donors (Lipinski definition) is 1. The second-order valence-electron chi connectivity index (χ2n) is 2.88. The third kappa shape index (κ3) is 5.19. The van der Waals surface area contributed by atoms with Crippen LogP contribution in [0.2, 0.25) is 0 Å². The molecule has 3 nitrogen and oxygen atoms in total. The molecule has 0 heterocycles. The largest absolute Gasteiger partial charge is 0.489 e. The molecule has 1 aromatic rings. The number of benzene rings is 1. The molecule has 0 radical (unpaired) electrons. The van der Waals surface area contributed by atoms with Crippen LogP contribution in [0.4, 0.5) is 0 Å². The minimum atomic E-state index is 0.0542. The highest BCUT2D eigenvalue weighted by Gasteiger charge is 2.07. The van der Waals surface area contributed by atoms with E-state index in [9.17, 15) is 0 Å². The first-order chi connectivity index (χ1) is 7.65. The number of rotatable bonds is 6. The molecule has 0 saturated carbocycles. The molecule has 0 bridgehead atoms. The smallest absolute Gasteiger partial charge is 0.146 e. The zero-order chi connectivity index (χ0) is 12.0. The second kappa shape index (κ2) is 8.27. The molecule has 0 aromatic heterocycles. The Morgan fingerprint density at radius 1 is 1.00 bits per heavy atom. The van der Waals surface area contributed by atoms with E-state index in [1.165, 1.54) is 3.57 Å². The molecule has 0 saturated heterocycles. The van der Waals surface area contributed by atoms with Crippen LogP contribution in [0.25, 0.3) is 0 Å². The normalized spacial score (nSPS) is 10.5. The molecule has 0 aliphatic heterocycles. The van der Waals surface area contributed by atoms with Gasteiger partial charge in [0.25, 0.3) is 0 Å². The van der Waals surface area contributed by atoms with Gasteiger partial charge >= 0.3 is 0 Å². The van der Waals surface area contributed by atoms with Crippen molar-refractivity contribution >= 4 is 67.8 Å². The van der Waals surface area contributed by atoms with Crippen molar-refractivity contribution in [3.05, 3.63) is 22.8 Å². The Morgan fingerprint density at radius 2 is 1.62 bits per heavy atom. The zero-order valence-corrected chi connectivity index (χ0v) is 14.9. The number of aliphatic hydroxyl groups is 1. The lowest BCUT2D eigenvalue weighted by Gasteiger charge is -2.10. The van der Waals surface area contributed by atoms with Crippen molar-refractivity contribution in [2.45, 2.75) is 0 Å². The van der Waals surface area contributed by atoms with Crippen molar-refractivity contribution < 1.29 is 14.6 Å². The molecule has 0 amide bonds. The first-order valence-corrected chi connectivity index (χ1v) is 7.84. The maximum Gasteiger partial charge on any atom is 0.146 e. The fourth-order valence-electron chi connectivity index (χ4n) is 1.04. The van der Waals surface area contributed by atoms with Gasteiger partial charge < -0.3 is 14.6 Å². The van der Waals surface area contributed by atoms with Crippen molar-refractivity contribution in [3.63, 3.8) is 0 Å². The lowest BCUT2D eigenvalue weighted by Crippen LogP contribution is -2.10. The molecule has 0 spiro atoms. The Bertz CT molecular complexity index is 321. The number of halogens is 3. The maximum atomic E-state index is 8.53.